The quantitative estimate of drug-likeness (QED) is 0.124. The van der Waals surface area contributed by atoms with E-state index in [-0.39, 0.29) is 72.4 Å². The van der Waals surface area contributed by atoms with Gasteiger partial charge in [-0.1, -0.05) is 92.0 Å². The molecule has 0 fully saturated rings. The van der Waals surface area contributed by atoms with Crippen molar-refractivity contribution in [3.8, 4) is 0 Å². The molecule has 0 saturated carbocycles. The van der Waals surface area contributed by atoms with Gasteiger partial charge < -0.3 is 38.4 Å². The number of unbranched alkanes of at least 4 members (excludes halogenated alkanes) is 6. The predicted octanol–water partition coefficient (Wildman–Crippen LogP) is 1.22. The fraction of sp³-hybridized carbons (Fsp3) is 0.371. The first-order chi connectivity index (χ1) is 21.4. The van der Waals surface area contributed by atoms with Crippen molar-refractivity contribution in [3.05, 3.63) is 91.0 Å². The fourth-order valence-electron chi connectivity index (χ4n) is 5.17. The van der Waals surface area contributed by atoms with Gasteiger partial charge in [0.1, 0.15) is 23.2 Å². The molecule has 3 aromatic rings. The molecule has 0 aliphatic carbocycles. The number of amides is 3. The van der Waals surface area contributed by atoms with Gasteiger partial charge in [0.15, 0.2) is 5.12 Å². The second-order valence-corrected chi connectivity index (χ2v) is 15.5. The van der Waals surface area contributed by atoms with E-state index < -0.39 is 19.1 Å². The van der Waals surface area contributed by atoms with Crippen molar-refractivity contribution in [3.63, 3.8) is 0 Å². The minimum atomic E-state index is -1.76. The molecule has 0 saturated heterocycles. The SMILES string of the molecule is CC(=O)SCC(=O)NCC(=O)NCC(=O)NCCCCCCCCC[P+](c1ccccc1)(c1ccccc1)c1ccccc1.[99Tc].[Br-].[O-2]. The van der Waals surface area contributed by atoms with E-state index in [1.54, 1.807) is 0 Å². The summed E-state index contributed by atoms with van der Waals surface area (Å²) in [5.74, 6) is -1.12. The molecular weight excluding hydrogens is 784 g/mol. The van der Waals surface area contributed by atoms with Crippen LogP contribution in [0.5, 0.6) is 0 Å². The van der Waals surface area contributed by atoms with Crippen LogP contribution in [0.25, 0.3) is 0 Å². The summed E-state index contributed by atoms with van der Waals surface area (Å²) in [5.41, 5.74) is 0. The Morgan fingerprint density at radius 2 is 0.957 bits per heavy atom. The van der Waals surface area contributed by atoms with Crippen LogP contribution in [-0.4, -0.2) is 54.4 Å². The van der Waals surface area contributed by atoms with Gasteiger partial charge in [-0.25, -0.2) is 0 Å². The molecule has 47 heavy (non-hydrogen) atoms. The van der Waals surface area contributed by atoms with Crippen LogP contribution in [-0.2, 0) is 44.8 Å². The number of carbonyl (C=O) groups is 4. The standard InChI is InChI=1S/C35H44N3O4PS.BrH.O.Tc/c1-29(39)44-28-35(42)38-27-34(41)37-26-33(40)36-24-16-5-3-2-4-6-17-25-43(30-18-10-7-11-19-30,31-20-12-8-13-21-31)32-22-14-9-15-23-32;;;/h7-15,18-23H,2-6,16-17,24-28H2,1H3,(H2-,36,37,38,40,41,42);1H;;/q;;-2;/i;;;1+1. The van der Waals surface area contributed by atoms with E-state index in [0.29, 0.717) is 6.54 Å². The minimum Gasteiger partial charge on any atom is -2.00 e. The Labute approximate surface area is 308 Å². The van der Waals surface area contributed by atoms with E-state index >= 15 is 0 Å². The van der Waals surface area contributed by atoms with Gasteiger partial charge in [-0.3, -0.25) is 19.2 Å². The van der Waals surface area contributed by atoms with Gasteiger partial charge >= 0.3 is 0 Å². The van der Waals surface area contributed by atoms with E-state index in [9.17, 15) is 19.2 Å². The van der Waals surface area contributed by atoms with Gasteiger partial charge in [-0.05, 0) is 55.7 Å². The predicted molar refractivity (Wildman–Crippen MR) is 185 cm³/mol. The largest absolute Gasteiger partial charge is 2.00 e. The molecule has 3 amide bonds. The van der Waals surface area contributed by atoms with Crippen LogP contribution in [0.15, 0.2) is 91.0 Å². The van der Waals surface area contributed by atoms with Crippen molar-refractivity contribution in [2.75, 3.05) is 31.5 Å². The average molecular weight is 830 g/mol. The van der Waals surface area contributed by atoms with Gasteiger partial charge in [0.25, 0.3) is 0 Å². The molecule has 3 aromatic carbocycles. The van der Waals surface area contributed by atoms with Crippen LogP contribution in [0, 0.1) is 0 Å². The average Bonchev–Trinajstić information content (AvgIpc) is 3.05. The van der Waals surface area contributed by atoms with E-state index in [1.165, 1.54) is 48.5 Å². The van der Waals surface area contributed by atoms with E-state index in [1.807, 2.05) is 0 Å². The third-order valence-electron chi connectivity index (χ3n) is 7.38. The van der Waals surface area contributed by atoms with Crippen LogP contribution in [0.1, 0.15) is 51.9 Å². The molecule has 0 aromatic heterocycles. The van der Waals surface area contributed by atoms with Crippen LogP contribution >= 0.6 is 19.0 Å². The van der Waals surface area contributed by atoms with Crippen molar-refractivity contribution in [1.82, 2.24) is 16.0 Å². The summed E-state index contributed by atoms with van der Waals surface area (Å²) in [4.78, 5) is 46.2. The number of rotatable bonds is 19. The molecule has 0 spiro atoms. The molecule has 0 heterocycles. The number of hydrogen-bond donors (Lipinski definition) is 3. The number of thioether (sulfide) groups is 1. The Morgan fingerprint density at radius 1 is 0.574 bits per heavy atom. The smallest absolute Gasteiger partial charge is 0.239 e. The summed E-state index contributed by atoms with van der Waals surface area (Å²) >= 11 is 0.881. The molecule has 3 N–H and O–H groups in total. The zero-order valence-corrected chi connectivity index (χ0v) is 32.0. The normalized spacial score (nSPS) is 10.3. The maximum Gasteiger partial charge on any atom is 0.239 e. The van der Waals surface area contributed by atoms with Crippen LogP contribution in [0.4, 0.5) is 0 Å². The van der Waals surface area contributed by atoms with Gasteiger partial charge in [0, 0.05) is 33.6 Å². The van der Waals surface area contributed by atoms with E-state index in [4.69, 9.17) is 0 Å². The Morgan fingerprint density at radius 3 is 1.40 bits per heavy atom. The summed E-state index contributed by atoms with van der Waals surface area (Å²) in [6.07, 6.45) is 8.97. The van der Waals surface area contributed by atoms with Crippen molar-refractivity contribution < 1.29 is 61.7 Å². The maximum atomic E-state index is 12.0. The fourth-order valence-corrected chi connectivity index (χ4v) is 10.0. The third-order valence-corrected chi connectivity index (χ3v) is 12.7. The summed E-state index contributed by atoms with van der Waals surface area (Å²) in [6.45, 7) is 1.60. The molecule has 0 bridgehead atoms. The number of benzene rings is 3. The summed E-state index contributed by atoms with van der Waals surface area (Å²) in [7, 11) is -1.76. The monoisotopic (exact) mass is 828 g/mol. The number of nitrogens with one attached hydrogen (secondary N) is 3. The second-order valence-electron chi connectivity index (χ2n) is 10.7. The van der Waals surface area contributed by atoms with Crippen LogP contribution in [0.3, 0.4) is 0 Å². The molecule has 0 unspecified atom stereocenters. The van der Waals surface area contributed by atoms with Gasteiger partial charge in [0.05, 0.1) is 25.0 Å². The Kier molecular flexibility index (Phi) is 24.3. The summed E-state index contributed by atoms with van der Waals surface area (Å²) < 4.78 is 0. The molecule has 257 valence electrons. The second kappa shape index (κ2) is 25.6. The third kappa shape index (κ3) is 16.0. The molecule has 0 aliphatic heterocycles. The van der Waals surface area contributed by atoms with Crippen molar-refractivity contribution >= 4 is 57.8 Å². The first kappa shape index (κ1) is 44.6. The molecular formula is C35H45BrN3O5PSTc-2. The van der Waals surface area contributed by atoms with E-state index in [2.05, 4.69) is 107 Å². The van der Waals surface area contributed by atoms with Crippen molar-refractivity contribution in [2.45, 2.75) is 51.9 Å². The van der Waals surface area contributed by atoms with Gasteiger partial charge in [-0.2, -0.15) is 0 Å². The van der Waals surface area contributed by atoms with Crippen molar-refractivity contribution in [1.29, 1.82) is 0 Å². The molecule has 0 atom stereocenters. The maximum absolute atomic E-state index is 12.0. The zero-order valence-electron chi connectivity index (χ0n) is 26.8. The Bertz CT molecular complexity index is 1230. The van der Waals surface area contributed by atoms with Gasteiger partial charge in [-0.15, -0.1) is 0 Å². The molecule has 1 radical (unpaired) electrons. The topological polar surface area (TPSA) is 133 Å². The van der Waals surface area contributed by atoms with Crippen LogP contribution < -0.4 is 48.8 Å². The van der Waals surface area contributed by atoms with E-state index in [0.717, 1.165) is 37.2 Å². The first-order valence-electron chi connectivity index (χ1n) is 15.4. The first-order valence-corrected chi connectivity index (χ1v) is 18.4. The molecule has 8 nitrogen and oxygen atoms in total. The Balaban J connectivity index is 0.00000705. The Hall–Kier alpha value is -2.39. The number of hydrogen-bond acceptors (Lipinski definition) is 5. The zero-order chi connectivity index (χ0) is 31.5. The molecule has 0 aliphatic rings. The minimum absolute atomic E-state index is 0. The van der Waals surface area contributed by atoms with Crippen molar-refractivity contribution in [2.24, 2.45) is 0 Å². The number of halogens is 1. The van der Waals surface area contributed by atoms with Gasteiger partial charge in [0.2, 0.25) is 17.7 Å². The summed E-state index contributed by atoms with van der Waals surface area (Å²) in [6, 6.07) is 33.1. The molecule has 3 rings (SSSR count). The molecule has 12 heteroatoms. The number of carbonyl (C=O) groups excluding carboxylic acids is 4. The summed E-state index contributed by atoms with van der Waals surface area (Å²) in [5, 5.41) is 11.9. The van der Waals surface area contributed by atoms with Crippen LogP contribution in [0.2, 0.25) is 0 Å².